The maximum absolute atomic E-state index is 11.6. The van der Waals surface area contributed by atoms with E-state index in [0.717, 1.165) is 5.56 Å². The zero-order valence-electron chi connectivity index (χ0n) is 16.8. The van der Waals surface area contributed by atoms with E-state index in [9.17, 15) is 14.4 Å². The van der Waals surface area contributed by atoms with Crippen molar-refractivity contribution in [1.82, 2.24) is 0 Å². The molecule has 1 aromatic rings. The van der Waals surface area contributed by atoms with E-state index in [1.165, 1.54) is 20.8 Å². The van der Waals surface area contributed by atoms with Crippen LogP contribution in [0.5, 0.6) is 5.75 Å². The van der Waals surface area contributed by atoms with Crippen LogP contribution in [0.3, 0.4) is 0 Å². The lowest BCUT2D eigenvalue weighted by Crippen LogP contribution is -2.51. The van der Waals surface area contributed by atoms with Crippen LogP contribution < -0.4 is 4.74 Å². The van der Waals surface area contributed by atoms with Gasteiger partial charge in [-0.1, -0.05) is 0 Å². The molecule has 0 amide bonds. The molecule has 1 aliphatic heterocycles. The number of methoxy groups -OCH3 is 1. The maximum atomic E-state index is 11.6. The fraction of sp³-hybridized carbons (Fsp3) is 0.500. The van der Waals surface area contributed by atoms with Crippen molar-refractivity contribution < 1.29 is 38.1 Å². The Morgan fingerprint density at radius 3 is 2.28 bits per heavy atom. The standard InChI is InChI=1S/C20H25NO8/c1-12(22)26-11-17-9-18(27-13(2)23)19(20(29-17)28-14(3)24)21-10-15-5-7-16(25-4)8-6-15/h5-8,10,17-20H,9,11H2,1-4H3/t17-,18-,19+,20+/m0/s1. The van der Waals surface area contributed by atoms with Gasteiger partial charge in [0.25, 0.3) is 0 Å². The molecule has 1 saturated heterocycles. The summed E-state index contributed by atoms with van der Waals surface area (Å²) in [5, 5.41) is 0. The van der Waals surface area contributed by atoms with Gasteiger partial charge in [0.15, 0.2) is 0 Å². The zero-order chi connectivity index (χ0) is 21.4. The first-order valence-corrected chi connectivity index (χ1v) is 9.09. The molecule has 1 fully saturated rings. The molecule has 0 aromatic heterocycles. The molecule has 9 nitrogen and oxygen atoms in total. The highest BCUT2D eigenvalue weighted by atomic mass is 16.7. The zero-order valence-corrected chi connectivity index (χ0v) is 16.8. The molecule has 0 spiro atoms. The summed E-state index contributed by atoms with van der Waals surface area (Å²) in [6.07, 6.45) is -0.622. The van der Waals surface area contributed by atoms with Gasteiger partial charge in [0.1, 0.15) is 24.5 Å². The molecule has 0 radical (unpaired) electrons. The van der Waals surface area contributed by atoms with E-state index in [1.807, 2.05) is 0 Å². The third-order valence-corrected chi connectivity index (χ3v) is 4.07. The molecule has 0 bridgehead atoms. The van der Waals surface area contributed by atoms with E-state index in [2.05, 4.69) is 4.99 Å². The summed E-state index contributed by atoms with van der Waals surface area (Å²) in [6.45, 7) is 3.74. The Hall–Kier alpha value is -2.94. The summed E-state index contributed by atoms with van der Waals surface area (Å²) >= 11 is 0. The third kappa shape index (κ3) is 7.19. The molecule has 1 heterocycles. The van der Waals surface area contributed by atoms with Crippen LogP contribution in [0.25, 0.3) is 0 Å². The lowest BCUT2D eigenvalue weighted by atomic mass is 10.00. The summed E-state index contributed by atoms with van der Waals surface area (Å²) in [4.78, 5) is 38.7. The molecule has 29 heavy (non-hydrogen) atoms. The smallest absolute Gasteiger partial charge is 0.305 e. The summed E-state index contributed by atoms with van der Waals surface area (Å²) in [6, 6.07) is 6.38. The van der Waals surface area contributed by atoms with Crippen LogP contribution in [-0.2, 0) is 33.3 Å². The van der Waals surface area contributed by atoms with Gasteiger partial charge in [0.2, 0.25) is 6.29 Å². The summed E-state index contributed by atoms with van der Waals surface area (Å²) < 4.78 is 26.5. The van der Waals surface area contributed by atoms with E-state index in [-0.39, 0.29) is 13.0 Å². The van der Waals surface area contributed by atoms with Crippen molar-refractivity contribution in [2.24, 2.45) is 4.99 Å². The molecule has 1 aliphatic rings. The molecular formula is C20H25NO8. The quantitative estimate of drug-likeness (QED) is 0.381. The molecule has 158 valence electrons. The summed E-state index contributed by atoms with van der Waals surface area (Å²) in [7, 11) is 1.57. The number of rotatable bonds is 7. The van der Waals surface area contributed by atoms with Gasteiger partial charge in [0, 0.05) is 33.4 Å². The second-order valence-electron chi connectivity index (χ2n) is 6.46. The van der Waals surface area contributed by atoms with Gasteiger partial charge < -0.3 is 23.7 Å². The molecule has 4 atom stereocenters. The van der Waals surface area contributed by atoms with Gasteiger partial charge in [-0.15, -0.1) is 0 Å². The number of carbonyl (C=O) groups is 3. The lowest BCUT2D eigenvalue weighted by Gasteiger charge is -2.38. The number of hydrogen-bond acceptors (Lipinski definition) is 9. The van der Waals surface area contributed by atoms with Gasteiger partial charge in [-0.05, 0) is 29.8 Å². The number of esters is 3. The minimum absolute atomic E-state index is 0.0558. The molecule has 0 N–H and O–H groups in total. The van der Waals surface area contributed by atoms with Gasteiger partial charge in [-0.2, -0.15) is 0 Å². The largest absolute Gasteiger partial charge is 0.497 e. The second kappa shape index (κ2) is 10.6. The van der Waals surface area contributed by atoms with Crippen LogP contribution in [0, 0.1) is 0 Å². The van der Waals surface area contributed by atoms with Gasteiger partial charge in [0.05, 0.1) is 13.2 Å². The highest BCUT2D eigenvalue weighted by molar-refractivity contribution is 5.80. The Balaban J connectivity index is 2.23. The Morgan fingerprint density at radius 2 is 1.72 bits per heavy atom. The number of hydrogen-bond donors (Lipinski definition) is 0. The van der Waals surface area contributed by atoms with Gasteiger partial charge >= 0.3 is 17.9 Å². The monoisotopic (exact) mass is 407 g/mol. The average molecular weight is 407 g/mol. The van der Waals surface area contributed by atoms with E-state index in [4.69, 9.17) is 23.7 Å². The minimum atomic E-state index is -1.10. The molecule has 9 heteroatoms. The second-order valence-corrected chi connectivity index (χ2v) is 6.46. The number of ether oxygens (including phenoxy) is 5. The third-order valence-electron chi connectivity index (χ3n) is 4.07. The first-order chi connectivity index (χ1) is 13.8. The SMILES string of the molecule is COc1ccc(C=N[C@H]2[C@H](OC(C)=O)O[C@H](COC(C)=O)C[C@@H]2OC(C)=O)cc1. The highest BCUT2D eigenvalue weighted by Gasteiger charge is 2.42. The predicted octanol–water partition coefficient (Wildman–Crippen LogP) is 1.66. The van der Waals surface area contributed by atoms with E-state index >= 15 is 0 Å². The first-order valence-electron chi connectivity index (χ1n) is 9.09. The Morgan fingerprint density at radius 1 is 1.07 bits per heavy atom. The van der Waals surface area contributed by atoms with Crippen molar-refractivity contribution in [3.05, 3.63) is 29.8 Å². The number of aliphatic imine (C=N–C) groups is 1. The average Bonchev–Trinajstić information content (AvgIpc) is 2.65. The van der Waals surface area contributed by atoms with Crippen LogP contribution in [0.1, 0.15) is 32.8 Å². The van der Waals surface area contributed by atoms with Crippen molar-refractivity contribution in [3.8, 4) is 5.75 Å². The van der Waals surface area contributed by atoms with Gasteiger partial charge in [-0.3, -0.25) is 19.4 Å². The first kappa shape index (κ1) is 22.4. The molecule has 2 rings (SSSR count). The Labute approximate surface area is 168 Å². The molecule has 0 aliphatic carbocycles. The highest BCUT2D eigenvalue weighted by Crippen LogP contribution is 2.27. The molecule has 0 saturated carbocycles. The summed E-state index contributed by atoms with van der Waals surface area (Å²) in [5.41, 5.74) is 0.774. The lowest BCUT2D eigenvalue weighted by molar-refractivity contribution is -0.232. The molecular weight excluding hydrogens is 382 g/mol. The van der Waals surface area contributed by atoms with Crippen LogP contribution in [0.15, 0.2) is 29.3 Å². The van der Waals surface area contributed by atoms with Crippen molar-refractivity contribution in [2.75, 3.05) is 13.7 Å². The van der Waals surface area contributed by atoms with Crippen LogP contribution in [-0.4, -0.2) is 62.4 Å². The van der Waals surface area contributed by atoms with Crippen molar-refractivity contribution in [3.63, 3.8) is 0 Å². The van der Waals surface area contributed by atoms with Crippen LogP contribution in [0.2, 0.25) is 0 Å². The van der Waals surface area contributed by atoms with Gasteiger partial charge in [-0.25, -0.2) is 0 Å². The topological polar surface area (TPSA) is 110 Å². The summed E-state index contributed by atoms with van der Waals surface area (Å²) in [5.74, 6) is -0.850. The number of benzene rings is 1. The minimum Gasteiger partial charge on any atom is -0.497 e. The predicted molar refractivity (Wildman–Crippen MR) is 102 cm³/mol. The van der Waals surface area contributed by atoms with E-state index in [0.29, 0.717) is 5.75 Å². The van der Waals surface area contributed by atoms with E-state index < -0.39 is 42.4 Å². The maximum Gasteiger partial charge on any atom is 0.305 e. The molecule has 1 aromatic carbocycles. The van der Waals surface area contributed by atoms with Crippen molar-refractivity contribution in [2.45, 2.75) is 51.7 Å². The number of nitrogens with zero attached hydrogens (tertiary/aromatic N) is 1. The van der Waals surface area contributed by atoms with Crippen LogP contribution >= 0.6 is 0 Å². The Kier molecular flexibility index (Phi) is 8.14. The van der Waals surface area contributed by atoms with Crippen molar-refractivity contribution in [1.29, 1.82) is 0 Å². The van der Waals surface area contributed by atoms with E-state index in [1.54, 1.807) is 37.6 Å². The van der Waals surface area contributed by atoms with Crippen molar-refractivity contribution >= 4 is 24.1 Å². The van der Waals surface area contributed by atoms with Crippen LogP contribution in [0.4, 0.5) is 0 Å². The molecule has 0 unspecified atom stereocenters. The Bertz CT molecular complexity index is 719. The fourth-order valence-electron chi connectivity index (χ4n) is 2.84. The number of carbonyl (C=O) groups excluding carboxylic acids is 3. The normalized spacial score (nSPS) is 24.0. The fourth-order valence-corrected chi connectivity index (χ4v) is 2.84.